The van der Waals surface area contributed by atoms with Crippen LogP contribution in [0, 0.1) is 6.92 Å². The molecule has 0 radical (unpaired) electrons. The first-order chi connectivity index (χ1) is 12.6. The summed E-state index contributed by atoms with van der Waals surface area (Å²) in [6.07, 6.45) is 0. The normalized spacial score (nSPS) is 10.5. The summed E-state index contributed by atoms with van der Waals surface area (Å²) in [5.41, 5.74) is 1.47. The van der Waals surface area contributed by atoms with Gasteiger partial charge in [-0.2, -0.15) is 0 Å². The SMILES string of the molecule is COc1ccc(OCC(=O)OCc2cc(=O)n3c(C)cccc3n2)cc1. The summed E-state index contributed by atoms with van der Waals surface area (Å²) in [7, 11) is 1.57. The largest absolute Gasteiger partial charge is 0.497 e. The molecule has 0 aliphatic rings. The zero-order valence-corrected chi connectivity index (χ0v) is 14.5. The first kappa shape index (κ1) is 17.5. The van der Waals surface area contributed by atoms with Crippen molar-refractivity contribution in [1.29, 1.82) is 0 Å². The quantitative estimate of drug-likeness (QED) is 0.631. The molecule has 1 aromatic carbocycles. The van der Waals surface area contributed by atoms with E-state index >= 15 is 0 Å². The number of pyridine rings is 1. The lowest BCUT2D eigenvalue weighted by Gasteiger charge is -2.09. The number of nitrogens with zero attached hydrogens (tertiary/aromatic N) is 2. The molecule has 0 saturated heterocycles. The maximum atomic E-state index is 12.2. The number of benzene rings is 1. The average Bonchev–Trinajstić information content (AvgIpc) is 2.65. The summed E-state index contributed by atoms with van der Waals surface area (Å²) in [4.78, 5) is 28.3. The van der Waals surface area contributed by atoms with Crippen molar-refractivity contribution in [2.45, 2.75) is 13.5 Å². The molecule has 0 unspecified atom stereocenters. The summed E-state index contributed by atoms with van der Waals surface area (Å²) >= 11 is 0. The number of carbonyl (C=O) groups is 1. The molecule has 3 rings (SSSR count). The van der Waals surface area contributed by atoms with Crippen LogP contribution < -0.4 is 15.0 Å². The van der Waals surface area contributed by atoms with Crippen molar-refractivity contribution in [1.82, 2.24) is 9.38 Å². The highest BCUT2D eigenvalue weighted by Crippen LogP contribution is 2.16. The van der Waals surface area contributed by atoms with E-state index in [0.29, 0.717) is 22.8 Å². The van der Waals surface area contributed by atoms with Crippen LogP contribution in [0.15, 0.2) is 53.3 Å². The van der Waals surface area contributed by atoms with Crippen LogP contribution >= 0.6 is 0 Å². The molecule has 7 heteroatoms. The second-order valence-electron chi connectivity index (χ2n) is 5.57. The molecule has 0 amide bonds. The first-order valence-corrected chi connectivity index (χ1v) is 7.97. The molecule has 0 bridgehead atoms. The van der Waals surface area contributed by atoms with E-state index in [1.807, 2.05) is 19.1 Å². The second kappa shape index (κ2) is 7.69. The van der Waals surface area contributed by atoms with Gasteiger partial charge in [0.15, 0.2) is 6.61 Å². The smallest absolute Gasteiger partial charge is 0.344 e. The number of methoxy groups -OCH3 is 1. The zero-order valence-electron chi connectivity index (χ0n) is 14.5. The molecular weight excluding hydrogens is 336 g/mol. The molecule has 2 heterocycles. The molecule has 0 atom stereocenters. The third-order valence-electron chi connectivity index (χ3n) is 3.73. The summed E-state index contributed by atoms with van der Waals surface area (Å²) in [5.74, 6) is 0.677. The minimum atomic E-state index is -0.549. The van der Waals surface area contributed by atoms with Gasteiger partial charge >= 0.3 is 5.97 Å². The van der Waals surface area contributed by atoms with Gasteiger partial charge in [-0.3, -0.25) is 9.20 Å². The van der Waals surface area contributed by atoms with E-state index in [9.17, 15) is 9.59 Å². The van der Waals surface area contributed by atoms with Crippen LogP contribution in [-0.4, -0.2) is 29.1 Å². The van der Waals surface area contributed by atoms with Crippen LogP contribution in [0.1, 0.15) is 11.4 Å². The number of aromatic nitrogens is 2. The van der Waals surface area contributed by atoms with Gasteiger partial charge in [-0.05, 0) is 43.3 Å². The Morgan fingerprint density at radius 3 is 2.58 bits per heavy atom. The Morgan fingerprint density at radius 2 is 1.85 bits per heavy atom. The Morgan fingerprint density at radius 1 is 1.12 bits per heavy atom. The lowest BCUT2D eigenvalue weighted by molar-refractivity contribution is -0.147. The topological polar surface area (TPSA) is 79.1 Å². The number of carbonyl (C=O) groups excluding carboxylic acids is 1. The summed E-state index contributed by atoms with van der Waals surface area (Å²) in [6, 6.07) is 13.6. The highest BCUT2D eigenvalue weighted by molar-refractivity contribution is 5.71. The van der Waals surface area contributed by atoms with Gasteiger partial charge in [-0.1, -0.05) is 6.07 Å². The fourth-order valence-electron chi connectivity index (χ4n) is 2.45. The van der Waals surface area contributed by atoms with Gasteiger partial charge < -0.3 is 14.2 Å². The number of fused-ring (bicyclic) bond motifs is 1. The van der Waals surface area contributed by atoms with Crippen molar-refractivity contribution in [3.63, 3.8) is 0 Å². The van der Waals surface area contributed by atoms with Crippen molar-refractivity contribution in [3.8, 4) is 11.5 Å². The maximum absolute atomic E-state index is 12.2. The number of rotatable bonds is 6. The van der Waals surface area contributed by atoms with Gasteiger partial charge in [0.2, 0.25) is 0 Å². The van der Waals surface area contributed by atoms with Gasteiger partial charge in [0, 0.05) is 11.8 Å². The molecule has 0 aliphatic heterocycles. The van der Waals surface area contributed by atoms with Crippen LogP contribution in [-0.2, 0) is 16.1 Å². The van der Waals surface area contributed by atoms with Crippen molar-refractivity contribution in [3.05, 3.63) is 70.3 Å². The summed E-state index contributed by atoms with van der Waals surface area (Å²) < 4.78 is 17.0. The highest BCUT2D eigenvalue weighted by Gasteiger charge is 2.08. The molecule has 26 heavy (non-hydrogen) atoms. The molecule has 7 nitrogen and oxygen atoms in total. The van der Waals surface area contributed by atoms with Gasteiger partial charge in [-0.25, -0.2) is 9.78 Å². The standard InChI is InChI=1S/C19H18N2O5/c1-13-4-3-5-17-20-14(10-18(22)21(13)17)11-26-19(23)12-25-16-8-6-15(24-2)7-9-16/h3-10H,11-12H2,1-2H3. The van der Waals surface area contributed by atoms with E-state index in [0.717, 1.165) is 5.69 Å². The predicted octanol–water partition coefficient (Wildman–Crippen LogP) is 2.13. The number of hydrogen-bond acceptors (Lipinski definition) is 6. The lowest BCUT2D eigenvalue weighted by atomic mass is 10.3. The van der Waals surface area contributed by atoms with E-state index in [1.165, 1.54) is 10.5 Å². The van der Waals surface area contributed by atoms with E-state index in [2.05, 4.69) is 4.98 Å². The van der Waals surface area contributed by atoms with E-state index in [-0.39, 0.29) is 18.8 Å². The van der Waals surface area contributed by atoms with Crippen molar-refractivity contribution in [2.24, 2.45) is 0 Å². The Labute approximate surface area is 149 Å². The number of hydrogen-bond donors (Lipinski definition) is 0. The Hall–Kier alpha value is -3.35. The second-order valence-corrected chi connectivity index (χ2v) is 5.57. The van der Waals surface area contributed by atoms with E-state index < -0.39 is 5.97 Å². The minimum absolute atomic E-state index is 0.0928. The molecule has 3 aromatic rings. The highest BCUT2D eigenvalue weighted by atomic mass is 16.6. The fourth-order valence-corrected chi connectivity index (χ4v) is 2.45. The van der Waals surface area contributed by atoms with Gasteiger partial charge in [-0.15, -0.1) is 0 Å². The number of esters is 1. The summed E-state index contributed by atoms with van der Waals surface area (Å²) in [6.45, 7) is 1.49. The van der Waals surface area contributed by atoms with Gasteiger partial charge in [0.25, 0.3) is 5.56 Å². The molecule has 2 aromatic heterocycles. The zero-order chi connectivity index (χ0) is 18.5. The van der Waals surface area contributed by atoms with Gasteiger partial charge in [0.05, 0.1) is 12.8 Å². The maximum Gasteiger partial charge on any atom is 0.344 e. The Bertz CT molecular complexity index is 979. The fraction of sp³-hybridized carbons (Fsp3) is 0.211. The first-order valence-electron chi connectivity index (χ1n) is 7.97. The average molecular weight is 354 g/mol. The van der Waals surface area contributed by atoms with Crippen molar-refractivity contribution < 1.29 is 19.0 Å². The number of ether oxygens (including phenoxy) is 3. The van der Waals surface area contributed by atoms with Crippen LogP contribution in [0.2, 0.25) is 0 Å². The van der Waals surface area contributed by atoms with E-state index in [1.54, 1.807) is 37.4 Å². The van der Waals surface area contributed by atoms with Crippen LogP contribution in [0.4, 0.5) is 0 Å². The third kappa shape index (κ3) is 4.00. The van der Waals surface area contributed by atoms with Gasteiger partial charge in [0.1, 0.15) is 23.8 Å². The minimum Gasteiger partial charge on any atom is -0.497 e. The molecule has 0 saturated carbocycles. The van der Waals surface area contributed by atoms with E-state index in [4.69, 9.17) is 14.2 Å². The van der Waals surface area contributed by atoms with Crippen LogP contribution in [0.25, 0.3) is 5.65 Å². The molecule has 0 spiro atoms. The van der Waals surface area contributed by atoms with Crippen molar-refractivity contribution in [2.75, 3.05) is 13.7 Å². The lowest BCUT2D eigenvalue weighted by Crippen LogP contribution is -2.19. The molecule has 0 fully saturated rings. The Balaban J connectivity index is 1.59. The number of aryl methyl sites for hydroxylation is 1. The Kier molecular flexibility index (Phi) is 5.17. The third-order valence-corrected chi connectivity index (χ3v) is 3.73. The monoisotopic (exact) mass is 354 g/mol. The molecule has 0 aliphatic carbocycles. The molecule has 134 valence electrons. The van der Waals surface area contributed by atoms with Crippen LogP contribution in [0.5, 0.6) is 11.5 Å². The predicted molar refractivity (Wildman–Crippen MR) is 94.5 cm³/mol. The molecule has 0 N–H and O–H groups in total. The van der Waals surface area contributed by atoms with Crippen molar-refractivity contribution >= 4 is 11.6 Å². The van der Waals surface area contributed by atoms with Crippen LogP contribution in [0.3, 0.4) is 0 Å². The summed E-state index contributed by atoms with van der Waals surface area (Å²) in [5, 5.41) is 0. The molecular formula is C19H18N2O5.